The van der Waals surface area contributed by atoms with Crippen LogP contribution in [0.2, 0.25) is 0 Å². The summed E-state index contributed by atoms with van der Waals surface area (Å²) in [7, 11) is 1.45. The van der Waals surface area contributed by atoms with E-state index in [1.165, 1.54) is 7.11 Å². The van der Waals surface area contributed by atoms with E-state index in [4.69, 9.17) is 9.26 Å². The molecule has 2 aromatic rings. The van der Waals surface area contributed by atoms with Crippen LogP contribution in [0.5, 0.6) is 0 Å². The summed E-state index contributed by atoms with van der Waals surface area (Å²) in [5, 5.41) is 12.1. The lowest BCUT2D eigenvalue weighted by molar-refractivity contribution is -0.119. The van der Waals surface area contributed by atoms with E-state index in [1.807, 2.05) is 13.8 Å². The van der Waals surface area contributed by atoms with E-state index < -0.39 is 0 Å². The fourth-order valence-corrected chi connectivity index (χ4v) is 2.19. The number of aromatic nitrogens is 2. The number of carbonyl (C=O) groups is 2. The van der Waals surface area contributed by atoms with Gasteiger partial charge in [0.25, 0.3) is 0 Å². The quantitative estimate of drug-likeness (QED) is 0.580. The molecule has 2 rings (SSSR count). The first-order chi connectivity index (χ1) is 13.0. The highest BCUT2D eigenvalue weighted by Crippen LogP contribution is 2.13. The van der Waals surface area contributed by atoms with E-state index in [0.717, 1.165) is 0 Å². The van der Waals surface area contributed by atoms with Gasteiger partial charge in [0.2, 0.25) is 11.8 Å². The molecule has 3 N–H and O–H groups in total. The molecule has 0 bridgehead atoms. The Morgan fingerprint density at radius 3 is 2.41 bits per heavy atom. The molecule has 0 spiro atoms. The van der Waals surface area contributed by atoms with E-state index in [-0.39, 0.29) is 24.5 Å². The van der Waals surface area contributed by atoms with Gasteiger partial charge in [-0.1, -0.05) is 19.0 Å². The maximum Gasteiger partial charge on any atom is 0.319 e. The number of hydrogen-bond donors (Lipinski definition) is 3. The Morgan fingerprint density at radius 1 is 1.15 bits per heavy atom. The summed E-state index contributed by atoms with van der Waals surface area (Å²) in [6.07, 6.45) is 1.30. The van der Waals surface area contributed by atoms with Crippen molar-refractivity contribution in [2.45, 2.75) is 32.6 Å². The third-order valence-corrected chi connectivity index (χ3v) is 3.56. The van der Waals surface area contributed by atoms with Crippen LogP contribution in [0.1, 0.15) is 37.9 Å². The van der Waals surface area contributed by atoms with Gasteiger partial charge in [0.05, 0.1) is 0 Å². The van der Waals surface area contributed by atoms with E-state index in [9.17, 15) is 9.59 Å². The largest absolute Gasteiger partial charge is 0.375 e. The fourth-order valence-electron chi connectivity index (χ4n) is 2.19. The van der Waals surface area contributed by atoms with Crippen molar-refractivity contribution in [3.05, 3.63) is 36.0 Å². The third-order valence-electron chi connectivity index (χ3n) is 3.56. The van der Waals surface area contributed by atoms with Crippen LogP contribution in [0.15, 0.2) is 28.8 Å². The second-order valence-electron chi connectivity index (χ2n) is 6.24. The first kappa shape index (κ1) is 20.4. The number of urea groups is 1. The molecule has 3 amide bonds. The number of rotatable bonds is 9. The zero-order valence-electron chi connectivity index (χ0n) is 15.7. The monoisotopic (exact) mass is 375 g/mol. The Hall–Kier alpha value is -2.94. The number of amides is 3. The van der Waals surface area contributed by atoms with Crippen molar-refractivity contribution in [3.8, 4) is 0 Å². The Bertz CT molecular complexity index is 742. The van der Waals surface area contributed by atoms with Crippen LogP contribution in [0.3, 0.4) is 0 Å². The molecule has 1 aromatic carbocycles. The minimum absolute atomic E-state index is 0.00915. The summed E-state index contributed by atoms with van der Waals surface area (Å²) in [5.74, 6) is 1.26. The van der Waals surface area contributed by atoms with Gasteiger partial charge in [0.15, 0.2) is 5.82 Å². The first-order valence-corrected chi connectivity index (χ1v) is 8.74. The minimum Gasteiger partial charge on any atom is -0.375 e. The number of methoxy groups -OCH3 is 1. The van der Waals surface area contributed by atoms with Gasteiger partial charge < -0.3 is 25.2 Å². The molecule has 0 unspecified atom stereocenters. The Kier molecular flexibility index (Phi) is 7.75. The number of hydrogen-bond acceptors (Lipinski definition) is 6. The predicted molar refractivity (Wildman–Crippen MR) is 101 cm³/mol. The van der Waals surface area contributed by atoms with Crippen LogP contribution >= 0.6 is 0 Å². The smallest absolute Gasteiger partial charge is 0.319 e. The van der Waals surface area contributed by atoms with Crippen molar-refractivity contribution < 1.29 is 18.8 Å². The van der Waals surface area contributed by atoms with Gasteiger partial charge in [-0.3, -0.25) is 4.79 Å². The van der Waals surface area contributed by atoms with Crippen molar-refractivity contribution in [2.75, 3.05) is 30.9 Å². The second-order valence-corrected chi connectivity index (χ2v) is 6.24. The summed E-state index contributed by atoms with van der Waals surface area (Å²) in [4.78, 5) is 27.6. The maximum atomic E-state index is 11.9. The van der Waals surface area contributed by atoms with Gasteiger partial charge in [0.1, 0.15) is 6.61 Å². The average Bonchev–Trinajstić information content (AvgIpc) is 3.10. The second kappa shape index (κ2) is 10.3. The molecule has 0 aliphatic heterocycles. The van der Waals surface area contributed by atoms with Crippen LogP contribution in [-0.4, -0.2) is 42.3 Å². The third kappa shape index (κ3) is 7.06. The van der Waals surface area contributed by atoms with Crippen molar-refractivity contribution >= 4 is 23.3 Å². The minimum atomic E-state index is -0.306. The van der Waals surface area contributed by atoms with Crippen molar-refractivity contribution in [2.24, 2.45) is 0 Å². The van der Waals surface area contributed by atoms with Gasteiger partial charge in [0, 0.05) is 37.4 Å². The molecular weight excluding hydrogens is 350 g/mol. The number of anilines is 2. The lowest BCUT2D eigenvalue weighted by Gasteiger charge is -2.08. The summed E-state index contributed by atoms with van der Waals surface area (Å²) in [5.41, 5.74) is 1.25. The topological polar surface area (TPSA) is 118 Å². The Labute approximate surface area is 157 Å². The lowest BCUT2D eigenvalue weighted by atomic mass is 10.2. The van der Waals surface area contributed by atoms with E-state index in [1.54, 1.807) is 24.3 Å². The summed E-state index contributed by atoms with van der Waals surface area (Å²) >= 11 is 0. The van der Waals surface area contributed by atoms with Gasteiger partial charge >= 0.3 is 6.03 Å². The molecule has 0 saturated carbocycles. The molecule has 0 radical (unpaired) electrons. The van der Waals surface area contributed by atoms with Gasteiger partial charge in [-0.05, 0) is 30.7 Å². The van der Waals surface area contributed by atoms with Crippen molar-refractivity contribution in [1.29, 1.82) is 0 Å². The molecule has 0 atom stereocenters. The normalized spacial score (nSPS) is 10.7. The number of benzene rings is 1. The van der Waals surface area contributed by atoms with Crippen LogP contribution in [0.25, 0.3) is 0 Å². The molecule has 1 heterocycles. The number of nitrogens with one attached hydrogen (secondary N) is 3. The highest BCUT2D eigenvalue weighted by molar-refractivity contribution is 5.93. The lowest BCUT2D eigenvalue weighted by Crippen LogP contribution is -2.29. The van der Waals surface area contributed by atoms with Crippen LogP contribution in [0.4, 0.5) is 16.2 Å². The molecule has 0 fully saturated rings. The zero-order valence-corrected chi connectivity index (χ0v) is 15.7. The summed E-state index contributed by atoms with van der Waals surface area (Å²) in [6, 6.07) is 6.50. The van der Waals surface area contributed by atoms with Gasteiger partial charge in [-0.2, -0.15) is 4.98 Å². The molecule has 1 aromatic heterocycles. The number of ether oxygens (including phenoxy) is 1. The molecule has 146 valence electrons. The maximum absolute atomic E-state index is 11.9. The van der Waals surface area contributed by atoms with E-state index in [0.29, 0.717) is 42.5 Å². The molecule has 9 nitrogen and oxygen atoms in total. The average molecular weight is 375 g/mol. The summed E-state index contributed by atoms with van der Waals surface area (Å²) < 4.78 is 9.90. The summed E-state index contributed by atoms with van der Waals surface area (Å²) in [6.45, 7) is 4.47. The highest BCUT2D eigenvalue weighted by Gasteiger charge is 2.09. The van der Waals surface area contributed by atoms with E-state index >= 15 is 0 Å². The Balaban J connectivity index is 1.68. The van der Waals surface area contributed by atoms with Crippen molar-refractivity contribution in [1.82, 2.24) is 15.5 Å². The van der Waals surface area contributed by atoms with Crippen molar-refractivity contribution in [3.63, 3.8) is 0 Å². The molecule has 0 saturated heterocycles. The van der Waals surface area contributed by atoms with Crippen LogP contribution in [0, 0.1) is 0 Å². The molecule has 9 heteroatoms. The molecule has 0 aliphatic rings. The molecule has 0 aliphatic carbocycles. The number of aryl methyl sites for hydroxylation is 1. The standard InChI is InChI=1S/C18H25N5O4/c1-12(2)17-22-16(27-23-17)5-4-10-19-18(25)21-14-8-6-13(7-9-14)20-15(24)11-26-3/h6-9,12H,4-5,10-11H2,1-3H3,(H,20,24)(H2,19,21,25). The van der Waals surface area contributed by atoms with Gasteiger partial charge in [-0.25, -0.2) is 4.79 Å². The number of nitrogens with zero attached hydrogens (tertiary/aromatic N) is 2. The van der Waals surface area contributed by atoms with Gasteiger partial charge in [-0.15, -0.1) is 0 Å². The first-order valence-electron chi connectivity index (χ1n) is 8.74. The molecule has 27 heavy (non-hydrogen) atoms. The van der Waals surface area contributed by atoms with Crippen LogP contribution in [-0.2, 0) is 16.0 Å². The molecular formula is C18H25N5O4. The fraction of sp³-hybridized carbons (Fsp3) is 0.444. The van der Waals surface area contributed by atoms with E-state index in [2.05, 4.69) is 26.1 Å². The zero-order chi connectivity index (χ0) is 19.6. The SMILES string of the molecule is COCC(=O)Nc1ccc(NC(=O)NCCCc2nc(C(C)C)no2)cc1. The predicted octanol–water partition coefficient (Wildman–Crippen LogP) is 2.53. The Morgan fingerprint density at radius 2 is 1.81 bits per heavy atom. The number of carbonyl (C=O) groups excluding carboxylic acids is 2. The van der Waals surface area contributed by atoms with Crippen LogP contribution < -0.4 is 16.0 Å². The highest BCUT2D eigenvalue weighted by atomic mass is 16.5.